The van der Waals surface area contributed by atoms with E-state index in [9.17, 15) is 4.79 Å². The molecule has 1 aliphatic carbocycles. The van der Waals surface area contributed by atoms with Crippen LogP contribution >= 0.6 is 0 Å². The smallest absolute Gasteiger partial charge is 0.251 e. The van der Waals surface area contributed by atoms with Crippen LogP contribution in [0.3, 0.4) is 0 Å². The van der Waals surface area contributed by atoms with Crippen molar-refractivity contribution in [1.82, 2.24) is 20.3 Å². The van der Waals surface area contributed by atoms with E-state index in [0.717, 1.165) is 29.1 Å². The number of aryl methyl sites for hydroxylation is 1. The molecule has 3 aromatic rings. The number of carbonyl (C=O) groups is 1. The number of nitrogens with zero attached hydrogens (tertiary/aromatic N) is 3. The molecule has 1 aliphatic rings. The molecule has 0 unspecified atom stereocenters. The van der Waals surface area contributed by atoms with Gasteiger partial charge in [0.05, 0.1) is 5.69 Å². The van der Waals surface area contributed by atoms with Crippen molar-refractivity contribution in [3.05, 3.63) is 66.1 Å². The lowest BCUT2D eigenvalue weighted by Gasteiger charge is -2.11. The average Bonchev–Trinajstić information content (AvgIpc) is 3.53. The average molecular weight is 359 g/mol. The number of benzene rings is 1. The van der Waals surface area contributed by atoms with Gasteiger partial charge in [0.15, 0.2) is 0 Å². The topological polar surface area (TPSA) is 79.8 Å². The highest BCUT2D eigenvalue weighted by molar-refractivity contribution is 5.95. The summed E-state index contributed by atoms with van der Waals surface area (Å²) in [6, 6.07) is 11.3. The molecular weight excluding hydrogens is 338 g/mol. The number of carbonyl (C=O) groups excluding carboxylic acids is 1. The molecule has 6 heteroatoms. The van der Waals surface area contributed by atoms with Crippen LogP contribution in [0.25, 0.3) is 11.3 Å². The minimum Gasteiger partial charge on any atom is -0.352 e. The zero-order chi connectivity index (χ0) is 18.6. The third-order valence-electron chi connectivity index (χ3n) is 4.61. The number of hydrogen-bond acceptors (Lipinski definition) is 5. The first-order valence-corrected chi connectivity index (χ1v) is 9.08. The van der Waals surface area contributed by atoms with Gasteiger partial charge >= 0.3 is 0 Å². The molecule has 0 aliphatic heterocycles. The molecule has 0 saturated heterocycles. The van der Waals surface area contributed by atoms with Crippen LogP contribution in [0.1, 0.15) is 28.8 Å². The molecule has 0 radical (unpaired) electrons. The van der Waals surface area contributed by atoms with Gasteiger partial charge in [0.1, 0.15) is 0 Å². The van der Waals surface area contributed by atoms with Crippen molar-refractivity contribution in [3.8, 4) is 11.3 Å². The second-order valence-corrected chi connectivity index (χ2v) is 6.82. The number of nitrogens with one attached hydrogen (secondary N) is 2. The Balaban J connectivity index is 1.53. The zero-order valence-electron chi connectivity index (χ0n) is 15.1. The number of pyridine rings is 1. The molecule has 136 valence electrons. The van der Waals surface area contributed by atoms with Gasteiger partial charge in [-0.25, -0.2) is 9.97 Å². The molecule has 0 bridgehead atoms. The molecule has 1 amide bonds. The molecule has 6 nitrogen and oxygen atoms in total. The fourth-order valence-corrected chi connectivity index (χ4v) is 2.77. The normalized spacial score (nSPS) is 13.2. The molecule has 2 aromatic heterocycles. The summed E-state index contributed by atoms with van der Waals surface area (Å²) in [5.74, 6) is 1.09. The monoisotopic (exact) mass is 359 g/mol. The summed E-state index contributed by atoms with van der Waals surface area (Å²) >= 11 is 0. The minimum absolute atomic E-state index is 0.0463. The predicted molar refractivity (Wildman–Crippen MR) is 105 cm³/mol. The van der Waals surface area contributed by atoms with Crippen molar-refractivity contribution in [2.45, 2.75) is 19.8 Å². The molecule has 1 saturated carbocycles. The van der Waals surface area contributed by atoms with Crippen molar-refractivity contribution in [2.75, 3.05) is 11.9 Å². The maximum atomic E-state index is 12.4. The van der Waals surface area contributed by atoms with Crippen LogP contribution < -0.4 is 10.6 Å². The standard InChI is InChI=1S/C21H21N5O/c1-14-4-7-16(20(27)24-12-15-5-6-15)11-19(14)26-21-23-10-8-18(25-21)17-3-2-9-22-13-17/h2-4,7-11,13,15H,5-6,12H2,1H3,(H,24,27)(H,23,25,26). The van der Waals surface area contributed by atoms with Crippen LogP contribution in [0, 0.1) is 12.8 Å². The summed E-state index contributed by atoms with van der Waals surface area (Å²) in [5, 5.41) is 6.23. The predicted octanol–water partition coefficient (Wildman–Crippen LogP) is 3.73. The van der Waals surface area contributed by atoms with E-state index in [1.165, 1.54) is 12.8 Å². The molecule has 2 N–H and O–H groups in total. The molecular formula is C21H21N5O. The number of amides is 1. The maximum absolute atomic E-state index is 12.4. The first-order valence-electron chi connectivity index (χ1n) is 9.08. The largest absolute Gasteiger partial charge is 0.352 e. The van der Waals surface area contributed by atoms with E-state index < -0.39 is 0 Å². The summed E-state index contributed by atoms with van der Waals surface area (Å²) in [5.41, 5.74) is 4.18. The van der Waals surface area contributed by atoms with Gasteiger partial charge in [-0.2, -0.15) is 0 Å². The Labute approximate surface area is 158 Å². The van der Waals surface area contributed by atoms with Crippen molar-refractivity contribution < 1.29 is 4.79 Å². The van der Waals surface area contributed by atoms with E-state index in [2.05, 4.69) is 25.6 Å². The molecule has 27 heavy (non-hydrogen) atoms. The number of aromatic nitrogens is 3. The molecule has 4 rings (SSSR count). The zero-order valence-corrected chi connectivity index (χ0v) is 15.1. The fourth-order valence-electron chi connectivity index (χ4n) is 2.77. The Morgan fingerprint density at radius 3 is 2.85 bits per heavy atom. The van der Waals surface area contributed by atoms with E-state index in [0.29, 0.717) is 17.4 Å². The first kappa shape index (κ1) is 17.1. The lowest BCUT2D eigenvalue weighted by Crippen LogP contribution is -2.25. The Kier molecular flexibility index (Phi) is 4.78. The van der Waals surface area contributed by atoms with Crippen LogP contribution in [-0.2, 0) is 0 Å². The Bertz CT molecular complexity index is 954. The lowest BCUT2D eigenvalue weighted by molar-refractivity contribution is 0.0952. The van der Waals surface area contributed by atoms with Crippen molar-refractivity contribution >= 4 is 17.5 Å². The van der Waals surface area contributed by atoms with Gasteiger partial charge in [-0.1, -0.05) is 6.07 Å². The van der Waals surface area contributed by atoms with Crippen LogP contribution in [0.5, 0.6) is 0 Å². The Hall–Kier alpha value is -3.28. The van der Waals surface area contributed by atoms with E-state index in [-0.39, 0.29) is 5.91 Å². The molecule has 1 aromatic carbocycles. The fraction of sp³-hybridized carbons (Fsp3) is 0.238. The summed E-state index contributed by atoms with van der Waals surface area (Å²) in [4.78, 5) is 25.3. The van der Waals surface area contributed by atoms with Gasteiger partial charge in [0.25, 0.3) is 5.91 Å². The van der Waals surface area contributed by atoms with E-state index in [1.807, 2.05) is 43.3 Å². The van der Waals surface area contributed by atoms with Gasteiger partial charge in [-0.05, 0) is 61.6 Å². The number of anilines is 2. The highest BCUT2D eigenvalue weighted by Gasteiger charge is 2.22. The molecule has 1 fully saturated rings. The van der Waals surface area contributed by atoms with Crippen molar-refractivity contribution in [1.29, 1.82) is 0 Å². The van der Waals surface area contributed by atoms with Gasteiger partial charge in [-0.15, -0.1) is 0 Å². The molecule has 0 spiro atoms. The maximum Gasteiger partial charge on any atom is 0.251 e. The second-order valence-electron chi connectivity index (χ2n) is 6.82. The second kappa shape index (κ2) is 7.53. The van der Waals surface area contributed by atoms with Crippen LogP contribution in [0.4, 0.5) is 11.6 Å². The van der Waals surface area contributed by atoms with Crippen molar-refractivity contribution in [2.24, 2.45) is 5.92 Å². The van der Waals surface area contributed by atoms with Gasteiger partial charge < -0.3 is 10.6 Å². The quantitative estimate of drug-likeness (QED) is 0.701. The lowest BCUT2D eigenvalue weighted by atomic mass is 10.1. The first-order chi connectivity index (χ1) is 13.2. The summed E-state index contributed by atoms with van der Waals surface area (Å²) in [6.07, 6.45) is 7.63. The van der Waals surface area contributed by atoms with Crippen molar-refractivity contribution in [3.63, 3.8) is 0 Å². The van der Waals surface area contributed by atoms with Gasteiger partial charge in [-0.3, -0.25) is 9.78 Å². The van der Waals surface area contributed by atoms with E-state index in [4.69, 9.17) is 0 Å². The Morgan fingerprint density at radius 2 is 2.07 bits per heavy atom. The van der Waals surface area contributed by atoms with E-state index in [1.54, 1.807) is 18.6 Å². The van der Waals surface area contributed by atoms with Gasteiger partial charge in [0.2, 0.25) is 5.95 Å². The Morgan fingerprint density at radius 1 is 1.19 bits per heavy atom. The van der Waals surface area contributed by atoms with E-state index >= 15 is 0 Å². The van der Waals surface area contributed by atoms with Gasteiger partial charge in [0, 0.05) is 41.9 Å². The molecule has 0 atom stereocenters. The SMILES string of the molecule is Cc1ccc(C(=O)NCC2CC2)cc1Nc1nccc(-c2cccnc2)n1. The van der Waals surface area contributed by atoms with Crippen LogP contribution in [-0.4, -0.2) is 27.4 Å². The number of hydrogen-bond donors (Lipinski definition) is 2. The summed E-state index contributed by atoms with van der Waals surface area (Å²) in [6.45, 7) is 2.74. The highest BCUT2D eigenvalue weighted by atomic mass is 16.1. The van der Waals surface area contributed by atoms with Crippen LogP contribution in [0.2, 0.25) is 0 Å². The summed E-state index contributed by atoms with van der Waals surface area (Å²) < 4.78 is 0. The minimum atomic E-state index is -0.0463. The highest BCUT2D eigenvalue weighted by Crippen LogP contribution is 2.28. The third-order valence-corrected chi connectivity index (χ3v) is 4.61. The third kappa shape index (κ3) is 4.28. The van der Waals surface area contributed by atoms with Crippen LogP contribution in [0.15, 0.2) is 55.0 Å². The molecule has 2 heterocycles. The summed E-state index contributed by atoms with van der Waals surface area (Å²) in [7, 11) is 0. The number of rotatable bonds is 6.